The number of nitrogens with zero attached hydrogens (tertiary/aromatic N) is 2. The second-order valence-corrected chi connectivity index (χ2v) is 5.18. The quantitative estimate of drug-likeness (QED) is 0.350. The SMILES string of the molecule is CCOC(=O)C(=[N+]=[N-])C(OC(C)=O)c1ccc(-c2ccccc2)cc1. The minimum absolute atomic E-state index is 0.109. The Morgan fingerprint density at radius 2 is 1.64 bits per heavy atom. The van der Waals surface area contributed by atoms with Crippen molar-refractivity contribution in [2.45, 2.75) is 20.0 Å². The molecule has 0 bridgehead atoms. The van der Waals surface area contributed by atoms with Crippen molar-refractivity contribution in [3.8, 4) is 11.1 Å². The van der Waals surface area contributed by atoms with Crippen LogP contribution in [-0.2, 0) is 19.1 Å². The number of carbonyl (C=O) groups is 2. The molecule has 0 aromatic heterocycles. The maximum absolute atomic E-state index is 12.0. The molecular formula is C19H18N2O4. The lowest BCUT2D eigenvalue weighted by molar-refractivity contribution is -0.149. The number of rotatable bonds is 6. The second kappa shape index (κ2) is 8.57. The largest absolute Gasteiger partial charge is 0.457 e. The van der Waals surface area contributed by atoms with Gasteiger partial charge in [-0.05, 0) is 18.1 Å². The first-order valence-electron chi connectivity index (χ1n) is 7.78. The third-order valence-corrected chi connectivity index (χ3v) is 3.45. The van der Waals surface area contributed by atoms with Gasteiger partial charge < -0.3 is 15.0 Å². The van der Waals surface area contributed by atoms with Crippen molar-refractivity contribution in [1.82, 2.24) is 0 Å². The van der Waals surface area contributed by atoms with Gasteiger partial charge in [-0.25, -0.2) is 4.79 Å². The summed E-state index contributed by atoms with van der Waals surface area (Å²) in [6.07, 6.45) is -1.15. The van der Waals surface area contributed by atoms with E-state index in [1.54, 1.807) is 19.1 Å². The van der Waals surface area contributed by atoms with E-state index in [1.165, 1.54) is 6.92 Å². The van der Waals surface area contributed by atoms with Crippen LogP contribution in [0.5, 0.6) is 0 Å². The standard InChI is InChI=1S/C19H18N2O4/c1-3-24-19(23)17(21-20)18(25-13(2)22)16-11-9-15(10-12-16)14-7-5-4-6-8-14/h4-12,18H,3H2,1-2H3. The van der Waals surface area contributed by atoms with Gasteiger partial charge in [-0.1, -0.05) is 54.6 Å². The van der Waals surface area contributed by atoms with Crippen molar-refractivity contribution < 1.29 is 23.9 Å². The number of benzene rings is 2. The molecule has 0 amide bonds. The molecule has 128 valence electrons. The fourth-order valence-corrected chi connectivity index (χ4v) is 2.33. The molecule has 0 aliphatic heterocycles. The Morgan fingerprint density at radius 3 is 2.16 bits per heavy atom. The highest BCUT2D eigenvalue weighted by atomic mass is 16.6. The minimum Gasteiger partial charge on any atom is -0.457 e. The first-order valence-corrected chi connectivity index (χ1v) is 7.78. The lowest BCUT2D eigenvalue weighted by atomic mass is 10.00. The number of hydrogen-bond acceptors (Lipinski definition) is 4. The van der Waals surface area contributed by atoms with Crippen molar-refractivity contribution in [2.24, 2.45) is 0 Å². The second-order valence-electron chi connectivity index (χ2n) is 5.18. The predicted octanol–water partition coefficient (Wildman–Crippen LogP) is 3.19. The maximum atomic E-state index is 12.0. The summed E-state index contributed by atoms with van der Waals surface area (Å²) in [4.78, 5) is 26.3. The van der Waals surface area contributed by atoms with Crippen LogP contribution in [-0.4, -0.2) is 29.0 Å². The van der Waals surface area contributed by atoms with Gasteiger partial charge in [0.25, 0.3) is 0 Å². The molecule has 0 spiro atoms. The molecule has 1 atom stereocenters. The van der Waals surface area contributed by atoms with Crippen LogP contribution < -0.4 is 0 Å². The summed E-state index contributed by atoms with van der Waals surface area (Å²) in [5.41, 5.74) is 11.3. The van der Waals surface area contributed by atoms with Crippen molar-refractivity contribution in [3.63, 3.8) is 0 Å². The van der Waals surface area contributed by atoms with Gasteiger partial charge in [-0.3, -0.25) is 4.79 Å². The lowest BCUT2D eigenvalue weighted by Crippen LogP contribution is -2.28. The first kappa shape index (κ1) is 18.1. The monoisotopic (exact) mass is 338 g/mol. The van der Waals surface area contributed by atoms with Gasteiger partial charge in [-0.2, -0.15) is 4.79 Å². The van der Waals surface area contributed by atoms with E-state index in [2.05, 4.69) is 4.79 Å². The van der Waals surface area contributed by atoms with Crippen molar-refractivity contribution in [3.05, 3.63) is 65.7 Å². The molecule has 2 rings (SSSR count). The van der Waals surface area contributed by atoms with Crippen LogP contribution in [0.25, 0.3) is 16.7 Å². The van der Waals surface area contributed by atoms with Crippen LogP contribution in [0.3, 0.4) is 0 Å². The van der Waals surface area contributed by atoms with Crippen LogP contribution in [0.2, 0.25) is 0 Å². The fourth-order valence-electron chi connectivity index (χ4n) is 2.33. The van der Waals surface area contributed by atoms with Gasteiger partial charge in [0.1, 0.15) is 0 Å². The summed E-state index contributed by atoms with van der Waals surface area (Å²) in [5.74, 6) is -1.45. The van der Waals surface area contributed by atoms with E-state index in [9.17, 15) is 15.1 Å². The first-order chi connectivity index (χ1) is 12.1. The summed E-state index contributed by atoms with van der Waals surface area (Å²) >= 11 is 0. The molecule has 0 heterocycles. The molecule has 6 heteroatoms. The molecular weight excluding hydrogens is 320 g/mol. The van der Waals surface area contributed by atoms with Gasteiger partial charge in [0.2, 0.25) is 6.10 Å². The summed E-state index contributed by atoms with van der Waals surface area (Å²) in [7, 11) is 0. The molecule has 25 heavy (non-hydrogen) atoms. The molecule has 0 aliphatic carbocycles. The highest BCUT2D eigenvalue weighted by Crippen LogP contribution is 2.24. The molecule has 0 saturated carbocycles. The van der Waals surface area contributed by atoms with Crippen molar-refractivity contribution in [2.75, 3.05) is 6.61 Å². The molecule has 0 radical (unpaired) electrons. The Labute approximate surface area is 145 Å². The van der Waals surface area contributed by atoms with Crippen LogP contribution in [0.15, 0.2) is 54.6 Å². The summed E-state index contributed by atoms with van der Waals surface area (Å²) < 4.78 is 10.0. The van der Waals surface area contributed by atoms with Crippen molar-refractivity contribution >= 4 is 17.7 Å². The number of carbonyl (C=O) groups excluding carboxylic acids is 2. The van der Waals surface area contributed by atoms with Crippen LogP contribution in [0.4, 0.5) is 0 Å². The summed E-state index contributed by atoms with van der Waals surface area (Å²) in [5, 5.41) is 0. The molecule has 1 unspecified atom stereocenters. The van der Waals surface area contributed by atoms with E-state index in [0.29, 0.717) is 5.56 Å². The van der Waals surface area contributed by atoms with Crippen LogP contribution >= 0.6 is 0 Å². The smallest absolute Gasteiger partial charge is 0.421 e. The topological polar surface area (TPSA) is 89.0 Å². The Kier molecular flexibility index (Phi) is 6.20. The van der Waals surface area contributed by atoms with Gasteiger partial charge in [0.15, 0.2) is 0 Å². The lowest BCUT2D eigenvalue weighted by Gasteiger charge is -2.13. The van der Waals surface area contributed by atoms with E-state index < -0.39 is 18.0 Å². The van der Waals surface area contributed by atoms with E-state index in [4.69, 9.17) is 9.47 Å². The third kappa shape index (κ3) is 4.62. The van der Waals surface area contributed by atoms with Gasteiger partial charge in [0.05, 0.1) is 6.61 Å². The average molecular weight is 338 g/mol. The van der Waals surface area contributed by atoms with Gasteiger partial charge in [0, 0.05) is 12.5 Å². The summed E-state index contributed by atoms with van der Waals surface area (Å²) in [6.45, 7) is 2.95. The van der Waals surface area contributed by atoms with Crippen molar-refractivity contribution in [1.29, 1.82) is 0 Å². The zero-order valence-corrected chi connectivity index (χ0v) is 14.0. The predicted molar refractivity (Wildman–Crippen MR) is 91.6 cm³/mol. The van der Waals surface area contributed by atoms with E-state index in [1.807, 2.05) is 42.5 Å². The molecule has 6 nitrogen and oxygen atoms in total. The van der Waals surface area contributed by atoms with Crippen LogP contribution in [0.1, 0.15) is 25.5 Å². The summed E-state index contributed by atoms with van der Waals surface area (Å²) in [6, 6.07) is 16.8. The highest BCUT2D eigenvalue weighted by Gasteiger charge is 2.36. The maximum Gasteiger partial charge on any atom is 0.421 e. The molecule has 0 saturated heterocycles. The minimum atomic E-state index is -1.15. The fraction of sp³-hybridized carbons (Fsp3) is 0.211. The highest BCUT2D eigenvalue weighted by molar-refractivity contribution is 6.35. The number of hydrogen-bond donors (Lipinski definition) is 0. The van der Waals surface area contributed by atoms with E-state index in [0.717, 1.165) is 11.1 Å². The Hall–Kier alpha value is -3.24. The molecule has 2 aromatic rings. The Morgan fingerprint density at radius 1 is 1.04 bits per heavy atom. The Balaban J connectivity index is 2.36. The average Bonchev–Trinajstić information content (AvgIpc) is 2.62. The van der Waals surface area contributed by atoms with Gasteiger partial charge >= 0.3 is 17.7 Å². The number of ether oxygens (including phenoxy) is 2. The Bertz CT molecular complexity index is 794. The molecule has 0 N–H and O–H groups in total. The van der Waals surface area contributed by atoms with E-state index >= 15 is 0 Å². The molecule has 0 aliphatic rings. The van der Waals surface area contributed by atoms with Gasteiger partial charge in [-0.15, -0.1) is 0 Å². The zero-order chi connectivity index (χ0) is 18.2. The molecule has 2 aromatic carbocycles. The normalized spacial score (nSPS) is 11.1. The third-order valence-electron chi connectivity index (χ3n) is 3.45. The molecule has 0 fully saturated rings. The van der Waals surface area contributed by atoms with Crippen LogP contribution in [0, 0.1) is 0 Å². The zero-order valence-electron chi connectivity index (χ0n) is 14.0. The van der Waals surface area contributed by atoms with E-state index in [-0.39, 0.29) is 12.3 Å². The number of esters is 2.